The van der Waals surface area contributed by atoms with Gasteiger partial charge in [-0.05, 0) is 13.3 Å². The van der Waals surface area contributed by atoms with E-state index in [-0.39, 0.29) is 0 Å². The van der Waals surface area contributed by atoms with Crippen molar-refractivity contribution in [1.82, 2.24) is 20.1 Å². The summed E-state index contributed by atoms with van der Waals surface area (Å²) in [6.45, 7) is 8.51. The summed E-state index contributed by atoms with van der Waals surface area (Å²) in [4.78, 5) is 0. The van der Waals surface area contributed by atoms with Crippen LogP contribution in [0.15, 0.2) is 6.33 Å². The zero-order valence-corrected chi connectivity index (χ0v) is 10.0. The van der Waals surface area contributed by atoms with Crippen molar-refractivity contribution in [2.24, 2.45) is 0 Å². The molecule has 0 saturated carbocycles. The van der Waals surface area contributed by atoms with E-state index in [1.165, 1.54) is 12.8 Å². The Morgan fingerprint density at radius 3 is 2.93 bits per heavy atom. The molecule has 0 bridgehead atoms. The van der Waals surface area contributed by atoms with Gasteiger partial charge in [-0.1, -0.05) is 20.3 Å². The van der Waals surface area contributed by atoms with Crippen LogP contribution < -0.4 is 5.32 Å². The summed E-state index contributed by atoms with van der Waals surface area (Å²) in [6, 6.07) is 0.608. The Hall–Kier alpha value is -0.900. The maximum atomic E-state index is 4.05. The highest BCUT2D eigenvalue weighted by atomic mass is 15.3. The van der Waals surface area contributed by atoms with Crippen LogP contribution in [0, 0.1) is 0 Å². The van der Waals surface area contributed by atoms with Crippen LogP contribution in [0.2, 0.25) is 0 Å². The average molecular weight is 210 g/mol. The highest BCUT2D eigenvalue weighted by Crippen LogP contribution is 1.97. The van der Waals surface area contributed by atoms with E-state index < -0.39 is 0 Å². The Kier molecular flexibility index (Phi) is 5.32. The molecule has 0 amide bonds. The van der Waals surface area contributed by atoms with Crippen LogP contribution in [0.25, 0.3) is 0 Å². The summed E-state index contributed by atoms with van der Waals surface area (Å²) in [5.74, 6) is 1.07. The third-order valence-electron chi connectivity index (χ3n) is 2.58. The van der Waals surface area contributed by atoms with Crippen LogP contribution in [0.4, 0.5) is 0 Å². The molecule has 0 aliphatic heterocycles. The highest BCUT2D eigenvalue weighted by Gasteiger charge is 2.02. The fourth-order valence-electron chi connectivity index (χ4n) is 1.71. The topological polar surface area (TPSA) is 42.7 Å². The summed E-state index contributed by atoms with van der Waals surface area (Å²) >= 11 is 0. The Bertz CT molecular complexity index is 269. The molecule has 1 aromatic rings. The largest absolute Gasteiger partial charge is 0.316 e. The molecule has 1 heterocycles. The van der Waals surface area contributed by atoms with E-state index in [0.717, 1.165) is 25.3 Å². The first-order valence-corrected chi connectivity index (χ1v) is 5.88. The smallest absolute Gasteiger partial charge is 0.132 e. The van der Waals surface area contributed by atoms with Gasteiger partial charge in [0.05, 0.1) is 0 Å². The predicted molar refractivity (Wildman–Crippen MR) is 61.8 cm³/mol. The molecule has 0 fully saturated rings. The van der Waals surface area contributed by atoms with Crippen LogP contribution in [0.3, 0.4) is 0 Å². The van der Waals surface area contributed by atoms with Gasteiger partial charge in [-0.2, -0.15) is 0 Å². The third kappa shape index (κ3) is 4.00. The summed E-state index contributed by atoms with van der Waals surface area (Å²) < 4.78 is 2.12. The van der Waals surface area contributed by atoms with Crippen LogP contribution in [0.1, 0.15) is 39.4 Å². The quantitative estimate of drug-likeness (QED) is 0.743. The molecule has 0 spiro atoms. The first kappa shape index (κ1) is 12.2. The van der Waals surface area contributed by atoms with Crippen molar-refractivity contribution in [3.05, 3.63) is 12.2 Å². The van der Waals surface area contributed by atoms with E-state index >= 15 is 0 Å². The van der Waals surface area contributed by atoms with E-state index in [9.17, 15) is 0 Å². The Morgan fingerprint density at radius 2 is 2.27 bits per heavy atom. The molecular formula is C11H22N4. The SMILES string of the molecule is CCCC(C)NCCn1cnnc1CC. The molecule has 86 valence electrons. The lowest BCUT2D eigenvalue weighted by Gasteiger charge is -2.13. The number of nitrogens with one attached hydrogen (secondary N) is 1. The number of aromatic nitrogens is 3. The zero-order chi connectivity index (χ0) is 11.1. The lowest BCUT2D eigenvalue weighted by molar-refractivity contribution is 0.481. The second-order valence-electron chi connectivity index (χ2n) is 3.94. The maximum Gasteiger partial charge on any atom is 0.132 e. The molecule has 1 atom stereocenters. The van der Waals surface area contributed by atoms with E-state index in [2.05, 4.69) is 40.9 Å². The molecule has 1 rings (SSSR count). The van der Waals surface area contributed by atoms with Crippen molar-refractivity contribution >= 4 is 0 Å². The summed E-state index contributed by atoms with van der Waals surface area (Å²) in [5.41, 5.74) is 0. The van der Waals surface area contributed by atoms with Crippen molar-refractivity contribution in [2.45, 2.75) is 52.6 Å². The van der Waals surface area contributed by atoms with Crippen LogP contribution in [-0.4, -0.2) is 27.4 Å². The zero-order valence-electron chi connectivity index (χ0n) is 10.0. The predicted octanol–water partition coefficient (Wildman–Crippen LogP) is 1.62. The normalized spacial score (nSPS) is 13.0. The minimum atomic E-state index is 0.608. The van der Waals surface area contributed by atoms with Crippen molar-refractivity contribution in [1.29, 1.82) is 0 Å². The lowest BCUT2D eigenvalue weighted by atomic mass is 10.2. The average Bonchev–Trinajstić information content (AvgIpc) is 2.66. The minimum absolute atomic E-state index is 0.608. The summed E-state index contributed by atoms with van der Waals surface area (Å²) in [5, 5.41) is 11.5. The number of hydrogen-bond acceptors (Lipinski definition) is 3. The lowest BCUT2D eigenvalue weighted by Crippen LogP contribution is -2.29. The van der Waals surface area contributed by atoms with Gasteiger partial charge < -0.3 is 9.88 Å². The monoisotopic (exact) mass is 210 g/mol. The van der Waals surface area contributed by atoms with Gasteiger partial charge in [-0.15, -0.1) is 10.2 Å². The van der Waals surface area contributed by atoms with E-state index in [1.807, 2.05) is 6.33 Å². The number of rotatable bonds is 7. The van der Waals surface area contributed by atoms with E-state index in [0.29, 0.717) is 6.04 Å². The molecule has 0 saturated heterocycles. The summed E-state index contributed by atoms with van der Waals surface area (Å²) in [7, 11) is 0. The molecule has 4 nitrogen and oxygen atoms in total. The molecular weight excluding hydrogens is 188 g/mol. The number of nitrogens with zero attached hydrogens (tertiary/aromatic N) is 3. The van der Waals surface area contributed by atoms with Crippen LogP contribution in [0.5, 0.6) is 0 Å². The Balaban J connectivity index is 2.25. The van der Waals surface area contributed by atoms with Crippen LogP contribution in [-0.2, 0) is 13.0 Å². The summed E-state index contributed by atoms with van der Waals surface area (Å²) in [6.07, 6.45) is 5.24. The van der Waals surface area contributed by atoms with Crippen molar-refractivity contribution < 1.29 is 0 Å². The third-order valence-corrected chi connectivity index (χ3v) is 2.58. The molecule has 15 heavy (non-hydrogen) atoms. The van der Waals surface area contributed by atoms with Gasteiger partial charge in [0, 0.05) is 25.6 Å². The Labute approximate surface area is 92.1 Å². The molecule has 1 aromatic heterocycles. The van der Waals surface area contributed by atoms with Gasteiger partial charge in [0.2, 0.25) is 0 Å². The highest BCUT2D eigenvalue weighted by molar-refractivity contribution is 4.84. The van der Waals surface area contributed by atoms with Gasteiger partial charge in [-0.25, -0.2) is 0 Å². The first-order chi connectivity index (χ1) is 7.27. The second kappa shape index (κ2) is 6.56. The molecule has 4 heteroatoms. The number of aryl methyl sites for hydroxylation is 1. The van der Waals surface area contributed by atoms with Crippen molar-refractivity contribution in [2.75, 3.05) is 6.54 Å². The fourth-order valence-corrected chi connectivity index (χ4v) is 1.71. The standard InChI is InChI=1S/C11H22N4/c1-4-6-10(3)12-7-8-15-9-13-14-11(15)5-2/h9-10,12H,4-8H2,1-3H3. The Morgan fingerprint density at radius 1 is 1.47 bits per heavy atom. The molecule has 0 radical (unpaired) electrons. The van der Waals surface area contributed by atoms with Gasteiger partial charge in [0.25, 0.3) is 0 Å². The first-order valence-electron chi connectivity index (χ1n) is 5.88. The number of hydrogen-bond donors (Lipinski definition) is 1. The minimum Gasteiger partial charge on any atom is -0.316 e. The van der Waals surface area contributed by atoms with Crippen molar-refractivity contribution in [3.8, 4) is 0 Å². The van der Waals surface area contributed by atoms with E-state index in [4.69, 9.17) is 0 Å². The van der Waals surface area contributed by atoms with Gasteiger partial charge in [0.1, 0.15) is 12.2 Å². The van der Waals surface area contributed by atoms with Gasteiger partial charge >= 0.3 is 0 Å². The van der Waals surface area contributed by atoms with E-state index in [1.54, 1.807) is 0 Å². The molecule has 0 aliphatic carbocycles. The maximum absolute atomic E-state index is 4.05. The molecule has 1 N–H and O–H groups in total. The molecule has 1 unspecified atom stereocenters. The van der Waals surface area contributed by atoms with Crippen molar-refractivity contribution in [3.63, 3.8) is 0 Å². The van der Waals surface area contributed by atoms with Gasteiger partial charge in [-0.3, -0.25) is 0 Å². The molecule has 0 aliphatic rings. The van der Waals surface area contributed by atoms with Crippen LogP contribution >= 0.6 is 0 Å². The second-order valence-corrected chi connectivity index (χ2v) is 3.94. The fraction of sp³-hybridized carbons (Fsp3) is 0.818. The molecule has 0 aromatic carbocycles. The van der Waals surface area contributed by atoms with Gasteiger partial charge in [0.15, 0.2) is 0 Å².